The summed E-state index contributed by atoms with van der Waals surface area (Å²) in [6.07, 6.45) is 2.49. The van der Waals surface area contributed by atoms with E-state index in [1.807, 2.05) is 6.07 Å². The van der Waals surface area contributed by atoms with E-state index in [2.05, 4.69) is 4.90 Å². The molecule has 0 spiro atoms. The molecule has 0 bridgehead atoms. The van der Waals surface area contributed by atoms with Crippen molar-refractivity contribution in [3.05, 3.63) is 35.6 Å². The first-order valence-electron chi connectivity index (χ1n) is 8.34. The summed E-state index contributed by atoms with van der Waals surface area (Å²) in [5.41, 5.74) is 0.640. The lowest BCUT2D eigenvalue weighted by Crippen LogP contribution is -2.47. The van der Waals surface area contributed by atoms with Crippen LogP contribution in [0, 0.1) is 11.7 Å². The van der Waals surface area contributed by atoms with Crippen molar-refractivity contribution in [1.29, 1.82) is 0 Å². The summed E-state index contributed by atoms with van der Waals surface area (Å²) in [5.74, 6) is -0.827. The number of benzene rings is 1. The summed E-state index contributed by atoms with van der Waals surface area (Å²) in [4.78, 5) is 14.6. The van der Waals surface area contributed by atoms with Crippen LogP contribution in [0.4, 0.5) is 4.39 Å². The van der Waals surface area contributed by atoms with Crippen LogP contribution in [0.15, 0.2) is 24.3 Å². The van der Waals surface area contributed by atoms with Gasteiger partial charge in [-0.25, -0.2) is 4.39 Å². The normalized spacial score (nSPS) is 29.2. The molecule has 3 rings (SSSR count). The van der Waals surface area contributed by atoms with Gasteiger partial charge in [-0.2, -0.15) is 0 Å². The summed E-state index contributed by atoms with van der Waals surface area (Å²) in [6.45, 7) is 3.33. The van der Waals surface area contributed by atoms with E-state index in [1.165, 1.54) is 13.2 Å². The molecule has 1 saturated carbocycles. The van der Waals surface area contributed by atoms with Crippen molar-refractivity contribution in [2.75, 3.05) is 33.4 Å². The van der Waals surface area contributed by atoms with Gasteiger partial charge in [-0.1, -0.05) is 18.2 Å². The van der Waals surface area contributed by atoms with Crippen molar-refractivity contribution < 1.29 is 18.7 Å². The van der Waals surface area contributed by atoms with E-state index in [0.717, 1.165) is 45.6 Å². The van der Waals surface area contributed by atoms with Crippen LogP contribution in [0.2, 0.25) is 0 Å². The maximum absolute atomic E-state index is 14.3. The third-order valence-electron chi connectivity index (χ3n) is 5.19. The van der Waals surface area contributed by atoms with Crippen LogP contribution in [0.5, 0.6) is 0 Å². The molecule has 4 nitrogen and oxygen atoms in total. The number of methoxy groups -OCH3 is 1. The number of nitrogens with zero attached hydrogens (tertiary/aromatic N) is 1. The van der Waals surface area contributed by atoms with Crippen molar-refractivity contribution in [1.82, 2.24) is 4.90 Å². The van der Waals surface area contributed by atoms with Crippen molar-refractivity contribution in [3.8, 4) is 0 Å². The number of hydrogen-bond acceptors (Lipinski definition) is 4. The smallest absolute Gasteiger partial charge is 0.309 e. The fourth-order valence-corrected chi connectivity index (χ4v) is 3.98. The van der Waals surface area contributed by atoms with Gasteiger partial charge in [0.2, 0.25) is 0 Å². The monoisotopic (exact) mass is 321 g/mol. The maximum atomic E-state index is 14.3. The van der Waals surface area contributed by atoms with Gasteiger partial charge in [0.25, 0.3) is 0 Å². The van der Waals surface area contributed by atoms with Gasteiger partial charge in [0.15, 0.2) is 0 Å². The van der Waals surface area contributed by atoms with Crippen molar-refractivity contribution in [3.63, 3.8) is 0 Å². The van der Waals surface area contributed by atoms with E-state index in [9.17, 15) is 9.18 Å². The van der Waals surface area contributed by atoms with E-state index >= 15 is 0 Å². The second kappa shape index (κ2) is 7.41. The number of rotatable bonds is 3. The van der Waals surface area contributed by atoms with Crippen molar-refractivity contribution >= 4 is 5.97 Å². The number of carbonyl (C=O) groups excluding carboxylic acids is 1. The summed E-state index contributed by atoms with van der Waals surface area (Å²) < 4.78 is 24.7. The van der Waals surface area contributed by atoms with Crippen LogP contribution < -0.4 is 0 Å². The predicted octanol–water partition coefficient (Wildman–Crippen LogP) is 2.58. The lowest BCUT2D eigenvalue weighted by Gasteiger charge is -2.42. The lowest BCUT2D eigenvalue weighted by molar-refractivity contribution is -0.148. The van der Waals surface area contributed by atoms with Crippen LogP contribution in [0.25, 0.3) is 0 Å². The molecule has 0 aromatic heterocycles. The van der Waals surface area contributed by atoms with Gasteiger partial charge in [-0.15, -0.1) is 0 Å². The zero-order valence-corrected chi connectivity index (χ0v) is 13.5. The minimum absolute atomic E-state index is 0.120. The van der Waals surface area contributed by atoms with Gasteiger partial charge >= 0.3 is 5.97 Å². The van der Waals surface area contributed by atoms with E-state index in [4.69, 9.17) is 9.47 Å². The number of halogens is 1. The average molecular weight is 321 g/mol. The van der Waals surface area contributed by atoms with E-state index in [-0.39, 0.29) is 23.6 Å². The molecular weight excluding hydrogens is 297 g/mol. The highest BCUT2D eigenvalue weighted by Gasteiger charge is 2.39. The SMILES string of the molecule is COC(=O)[C@@H]1CC[C@@H](N2CCOCC2)C[C@H]1c1ccccc1F. The highest BCUT2D eigenvalue weighted by Crippen LogP contribution is 2.41. The second-order valence-electron chi connectivity index (χ2n) is 6.37. The number of ether oxygens (including phenoxy) is 2. The molecule has 0 N–H and O–H groups in total. The molecule has 1 saturated heterocycles. The molecule has 1 aliphatic heterocycles. The fourth-order valence-electron chi connectivity index (χ4n) is 3.98. The lowest BCUT2D eigenvalue weighted by atomic mass is 9.73. The second-order valence-corrected chi connectivity index (χ2v) is 6.37. The average Bonchev–Trinajstić information content (AvgIpc) is 2.62. The molecule has 126 valence electrons. The Morgan fingerprint density at radius 2 is 2.00 bits per heavy atom. The molecule has 0 unspecified atom stereocenters. The van der Waals surface area contributed by atoms with Gasteiger partial charge in [0, 0.05) is 25.0 Å². The summed E-state index contributed by atoms with van der Waals surface area (Å²) in [6, 6.07) is 7.18. The molecule has 1 aromatic rings. The summed E-state index contributed by atoms with van der Waals surface area (Å²) in [7, 11) is 1.41. The third kappa shape index (κ3) is 3.56. The van der Waals surface area contributed by atoms with Gasteiger partial charge in [-0.05, 0) is 30.9 Å². The highest BCUT2D eigenvalue weighted by molar-refractivity contribution is 5.73. The molecule has 0 radical (unpaired) electrons. The Balaban J connectivity index is 1.82. The van der Waals surface area contributed by atoms with E-state index in [0.29, 0.717) is 11.6 Å². The van der Waals surface area contributed by atoms with Crippen molar-refractivity contribution in [2.45, 2.75) is 31.2 Å². The number of morpholine rings is 1. The fraction of sp³-hybridized carbons (Fsp3) is 0.611. The first kappa shape index (κ1) is 16.4. The molecule has 1 heterocycles. The molecule has 1 aliphatic carbocycles. The molecule has 1 aromatic carbocycles. The Labute approximate surface area is 136 Å². The molecule has 3 atom stereocenters. The molecular formula is C18H24FNO3. The summed E-state index contributed by atoms with van der Waals surface area (Å²) >= 11 is 0. The number of esters is 1. The maximum Gasteiger partial charge on any atom is 0.309 e. The number of carbonyl (C=O) groups is 1. The van der Waals surface area contributed by atoms with Crippen molar-refractivity contribution in [2.24, 2.45) is 5.92 Å². The number of hydrogen-bond donors (Lipinski definition) is 0. The largest absolute Gasteiger partial charge is 0.469 e. The molecule has 5 heteroatoms. The van der Waals surface area contributed by atoms with E-state index in [1.54, 1.807) is 12.1 Å². The Morgan fingerprint density at radius 1 is 1.26 bits per heavy atom. The minimum atomic E-state index is -0.255. The van der Waals surface area contributed by atoms with Crippen LogP contribution >= 0.6 is 0 Å². The Kier molecular flexibility index (Phi) is 5.28. The standard InChI is InChI=1S/C18H24FNO3/c1-22-18(21)15-7-6-13(20-8-10-23-11-9-20)12-16(15)14-4-2-3-5-17(14)19/h2-5,13,15-16H,6-12H2,1H3/t13-,15-,16+/m1/s1. The van der Waals surface area contributed by atoms with Gasteiger partial charge < -0.3 is 9.47 Å². The van der Waals surface area contributed by atoms with E-state index < -0.39 is 0 Å². The summed E-state index contributed by atoms with van der Waals surface area (Å²) in [5, 5.41) is 0. The first-order valence-corrected chi connectivity index (χ1v) is 8.34. The Bertz CT molecular complexity index is 545. The highest BCUT2D eigenvalue weighted by atomic mass is 19.1. The molecule has 2 aliphatic rings. The molecule has 2 fully saturated rings. The van der Waals surface area contributed by atoms with Crippen LogP contribution in [0.3, 0.4) is 0 Å². The van der Waals surface area contributed by atoms with Gasteiger partial charge in [0.1, 0.15) is 5.82 Å². The third-order valence-corrected chi connectivity index (χ3v) is 5.19. The quantitative estimate of drug-likeness (QED) is 0.802. The molecule has 0 amide bonds. The van der Waals surface area contributed by atoms with Gasteiger partial charge in [0.05, 0.1) is 26.2 Å². The van der Waals surface area contributed by atoms with Gasteiger partial charge in [-0.3, -0.25) is 9.69 Å². The topological polar surface area (TPSA) is 38.8 Å². The van der Waals surface area contributed by atoms with Crippen LogP contribution in [0.1, 0.15) is 30.7 Å². The van der Waals surface area contributed by atoms with Crippen LogP contribution in [-0.4, -0.2) is 50.3 Å². The zero-order chi connectivity index (χ0) is 16.2. The Morgan fingerprint density at radius 3 is 2.70 bits per heavy atom. The zero-order valence-electron chi connectivity index (χ0n) is 13.5. The predicted molar refractivity (Wildman–Crippen MR) is 84.7 cm³/mol. The first-order chi connectivity index (χ1) is 11.2. The molecule has 23 heavy (non-hydrogen) atoms. The van der Waals surface area contributed by atoms with Crippen LogP contribution in [-0.2, 0) is 14.3 Å². The minimum Gasteiger partial charge on any atom is -0.469 e. The Hall–Kier alpha value is -1.46.